The second-order valence-electron chi connectivity index (χ2n) is 8.12. The fourth-order valence-corrected chi connectivity index (χ4v) is 5.90. The highest BCUT2D eigenvalue weighted by Gasteiger charge is 2.18. The lowest BCUT2D eigenvalue weighted by Gasteiger charge is -2.09. The molecular formula is C24H35NO5S2. The van der Waals surface area contributed by atoms with Gasteiger partial charge in [0, 0.05) is 5.69 Å². The van der Waals surface area contributed by atoms with Gasteiger partial charge < -0.3 is 5.11 Å². The van der Waals surface area contributed by atoms with Gasteiger partial charge in [-0.15, -0.1) is 0 Å². The van der Waals surface area contributed by atoms with Crippen molar-refractivity contribution in [3.05, 3.63) is 48.5 Å². The number of phenolic OH excluding ortho intramolecular Hbond substituents is 1. The Morgan fingerprint density at radius 3 is 1.66 bits per heavy atom. The van der Waals surface area contributed by atoms with Crippen LogP contribution in [0.25, 0.3) is 0 Å². The third kappa shape index (κ3) is 8.82. The number of sulfonamides is 1. The van der Waals surface area contributed by atoms with Crippen molar-refractivity contribution in [3.8, 4) is 5.75 Å². The molecule has 2 aromatic rings. The predicted molar refractivity (Wildman–Crippen MR) is 129 cm³/mol. The van der Waals surface area contributed by atoms with Crippen molar-refractivity contribution >= 4 is 25.5 Å². The molecule has 32 heavy (non-hydrogen) atoms. The normalized spacial score (nSPS) is 12.0. The van der Waals surface area contributed by atoms with Crippen LogP contribution in [0.3, 0.4) is 0 Å². The van der Waals surface area contributed by atoms with Crippen molar-refractivity contribution in [1.82, 2.24) is 0 Å². The van der Waals surface area contributed by atoms with E-state index in [1.807, 2.05) is 0 Å². The standard InChI is InChI=1S/C24H35NO5S2/c1-2-3-4-5-6-7-8-9-10-11-20-31(27,28)23-16-18-24(19-17-23)32(29,30)25-21-12-14-22(26)15-13-21/h12-19,25-26H,2-11,20H2,1H3. The molecule has 6 nitrogen and oxygen atoms in total. The molecule has 8 heteroatoms. The first-order valence-corrected chi connectivity index (χ1v) is 14.5. The van der Waals surface area contributed by atoms with E-state index < -0.39 is 19.9 Å². The number of sulfone groups is 1. The van der Waals surface area contributed by atoms with Crippen LogP contribution in [0, 0.1) is 0 Å². The maximum absolute atomic E-state index is 12.6. The van der Waals surface area contributed by atoms with Gasteiger partial charge in [0.2, 0.25) is 0 Å². The van der Waals surface area contributed by atoms with Gasteiger partial charge in [0.1, 0.15) is 5.75 Å². The Bertz CT molecular complexity index is 1020. The number of nitrogens with one attached hydrogen (secondary N) is 1. The van der Waals surface area contributed by atoms with Crippen molar-refractivity contribution in [2.45, 2.75) is 80.9 Å². The van der Waals surface area contributed by atoms with E-state index >= 15 is 0 Å². The summed E-state index contributed by atoms with van der Waals surface area (Å²) >= 11 is 0. The number of hydrogen-bond donors (Lipinski definition) is 2. The Morgan fingerprint density at radius 1 is 0.656 bits per heavy atom. The monoisotopic (exact) mass is 481 g/mol. The number of phenols is 1. The summed E-state index contributed by atoms with van der Waals surface area (Å²) in [4.78, 5) is 0.112. The Morgan fingerprint density at radius 2 is 1.12 bits per heavy atom. The van der Waals surface area contributed by atoms with Gasteiger partial charge in [-0.3, -0.25) is 4.72 Å². The molecule has 0 aliphatic rings. The summed E-state index contributed by atoms with van der Waals surface area (Å²) in [5, 5.41) is 9.30. The molecule has 0 aromatic heterocycles. The fourth-order valence-electron chi connectivity index (χ4n) is 3.47. The van der Waals surface area contributed by atoms with E-state index in [0.29, 0.717) is 12.1 Å². The smallest absolute Gasteiger partial charge is 0.261 e. The van der Waals surface area contributed by atoms with Crippen LogP contribution in [-0.4, -0.2) is 27.7 Å². The molecule has 2 aromatic carbocycles. The molecule has 0 atom stereocenters. The number of benzene rings is 2. The topological polar surface area (TPSA) is 101 Å². The zero-order valence-electron chi connectivity index (χ0n) is 18.8. The molecule has 0 saturated heterocycles. The summed E-state index contributed by atoms with van der Waals surface area (Å²) in [6.07, 6.45) is 11.3. The first kappa shape index (κ1) is 26.2. The lowest BCUT2D eigenvalue weighted by Crippen LogP contribution is -2.13. The SMILES string of the molecule is CCCCCCCCCCCCS(=O)(=O)c1ccc(S(=O)(=O)Nc2ccc(O)cc2)cc1. The van der Waals surface area contributed by atoms with E-state index in [-0.39, 0.29) is 21.3 Å². The quantitative estimate of drug-likeness (QED) is 0.244. The van der Waals surface area contributed by atoms with E-state index in [2.05, 4.69) is 11.6 Å². The summed E-state index contributed by atoms with van der Waals surface area (Å²) in [6.45, 7) is 2.21. The van der Waals surface area contributed by atoms with Crippen molar-refractivity contribution in [3.63, 3.8) is 0 Å². The van der Waals surface area contributed by atoms with Crippen LogP contribution in [0.5, 0.6) is 5.75 Å². The Labute approximate surface area is 193 Å². The van der Waals surface area contributed by atoms with Crippen LogP contribution >= 0.6 is 0 Å². The Balaban J connectivity index is 1.80. The number of rotatable bonds is 15. The average molecular weight is 482 g/mol. The summed E-state index contributed by atoms with van der Waals surface area (Å²) in [5.74, 6) is 0.103. The molecule has 0 spiro atoms. The van der Waals surface area contributed by atoms with Crippen molar-refractivity contribution < 1.29 is 21.9 Å². The zero-order valence-corrected chi connectivity index (χ0v) is 20.4. The maximum Gasteiger partial charge on any atom is 0.261 e. The molecule has 0 radical (unpaired) electrons. The minimum Gasteiger partial charge on any atom is -0.508 e. The minimum absolute atomic E-state index is 0.0246. The van der Waals surface area contributed by atoms with Gasteiger partial charge in [-0.2, -0.15) is 0 Å². The van der Waals surface area contributed by atoms with Crippen molar-refractivity contribution in [1.29, 1.82) is 0 Å². The van der Waals surface area contributed by atoms with E-state index in [0.717, 1.165) is 19.3 Å². The minimum atomic E-state index is -3.85. The van der Waals surface area contributed by atoms with Crippen molar-refractivity contribution in [2.75, 3.05) is 10.5 Å². The molecule has 0 saturated carbocycles. The average Bonchev–Trinajstić information content (AvgIpc) is 2.76. The number of hydrogen-bond acceptors (Lipinski definition) is 5. The second kappa shape index (κ2) is 12.8. The lowest BCUT2D eigenvalue weighted by atomic mass is 10.1. The third-order valence-electron chi connectivity index (χ3n) is 5.38. The second-order valence-corrected chi connectivity index (χ2v) is 11.9. The van der Waals surface area contributed by atoms with Crippen molar-refractivity contribution in [2.24, 2.45) is 0 Å². The molecule has 0 fully saturated rings. The fraction of sp³-hybridized carbons (Fsp3) is 0.500. The molecule has 0 aliphatic heterocycles. The van der Waals surface area contributed by atoms with Gasteiger partial charge in [-0.25, -0.2) is 16.8 Å². The van der Waals surface area contributed by atoms with Gasteiger partial charge in [-0.05, 0) is 55.0 Å². The molecule has 0 unspecified atom stereocenters. The largest absolute Gasteiger partial charge is 0.508 e. The van der Waals surface area contributed by atoms with Crippen LogP contribution in [0.2, 0.25) is 0 Å². The Kier molecular flexibility index (Phi) is 10.5. The van der Waals surface area contributed by atoms with E-state index in [4.69, 9.17) is 0 Å². The van der Waals surface area contributed by atoms with E-state index in [9.17, 15) is 21.9 Å². The van der Waals surface area contributed by atoms with E-state index in [1.165, 1.54) is 87.1 Å². The van der Waals surface area contributed by atoms with Crippen LogP contribution < -0.4 is 4.72 Å². The third-order valence-corrected chi connectivity index (χ3v) is 8.59. The highest BCUT2D eigenvalue weighted by molar-refractivity contribution is 7.92. The van der Waals surface area contributed by atoms with Crippen LogP contribution in [0.15, 0.2) is 58.3 Å². The Hall–Kier alpha value is -2.06. The molecule has 0 aliphatic carbocycles. The van der Waals surface area contributed by atoms with Crippen LogP contribution in [0.1, 0.15) is 71.1 Å². The van der Waals surface area contributed by atoms with Gasteiger partial charge in [0.05, 0.1) is 15.5 Å². The number of aromatic hydroxyl groups is 1. The van der Waals surface area contributed by atoms with Crippen LogP contribution in [-0.2, 0) is 19.9 Å². The first-order valence-electron chi connectivity index (χ1n) is 11.4. The highest BCUT2D eigenvalue weighted by Crippen LogP contribution is 2.21. The molecule has 0 amide bonds. The van der Waals surface area contributed by atoms with E-state index in [1.54, 1.807) is 0 Å². The summed E-state index contributed by atoms with van der Waals surface area (Å²) in [6, 6.07) is 10.9. The molecule has 178 valence electrons. The molecule has 2 rings (SSSR count). The zero-order chi connectivity index (χ0) is 23.5. The summed E-state index contributed by atoms with van der Waals surface area (Å²) < 4.78 is 52.5. The summed E-state index contributed by atoms with van der Waals surface area (Å²) in [5.41, 5.74) is 0.306. The van der Waals surface area contributed by atoms with Crippen LogP contribution in [0.4, 0.5) is 5.69 Å². The van der Waals surface area contributed by atoms with Gasteiger partial charge in [-0.1, -0.05) is 64.7 Å². The highest BCUT2D eigenvalue weighted by atomic mass is 32.2. The van der Waals surface area contributed by atoms with Gasteiger partial charge in [0.15, 0.2) is 9.84 Å². The number of anilines is 1. The molecule has 0 heterocycles. The molecular weight excluding hydrogens is 446 g/mol. The molecule has 2 N–H and O–H groups in total. The lowest BCUT2D eigenvalue weighted by molar-refractivity contribution is 0.475. The number of unbranched alkanes of at least 4 members (excludes halogenated alkanes) is 9. The van der Waals surface area contributed by atoms with Gasteiger partial charge >= 0.3 is 0 Å². The maximum atomic E-state index is 12.6. The predicted octanol–water partition coefficient (Wildman–Crippen LogP) is 5.89. The summed E-state index contributed by atoms with van der Waals surface area (Å²) in [7, 11) is -7.29. The molecule has 0 bridgehead atoms. The van der Waals surface area contributed by atoms with Gasteiger partial charge in [0.25, 0.3) is 10.0 Å². The first-order chi connectivity index (χ1) is 15.2.